The molecular weight excluding hydrogens is 228 g/mol. The summed E-state index contributed by atoms with van der Waals surface area (Å²) in [5.74, 6) is 0.506. The van der Waals surface area contributed by atoms with Crippen LogP contribution in [0.3, 0.4) is 0 Å². The third-order valence-electron chi connectivity index (χ3n) is 3.25. The van der Waals surface area contributed by atoms with E-state index in [1.54, 1.807) is 6.92 Å². The molecular formula is C14H26N2O2. The van der Waals surface area contributed by atoms with E-state index in [1.165, 1.54) is 13.7 Å². The van der Waals surface area contributed by atoms with E-state index in [-0.39, 0.29) is 5.97 Å². The third-order valence-corrected chi connectivity index (χ3v) is 3.25. The molecule has 0 radical (unpaired) electrons. The minimum absolute atomic E-state index is 0.228. The van der Waals surface area contributed by atoms with Crippen molar-refractivity contribution in [1.29, 1.82) is 0 Å². The topological polar surface area (TPSA) is 32.8 Å². The van der Waals surface area contributed by atoms with Crippen molar-refractivity contribution in [3.8, 4) is 0 Å². The molecule has 1 fully saturated rings. The Kier molecular flexibility index (Phi) is 6.36. The van der Waals surface area contributed by atoms with Crippen LogP contribution in [0.4, 0.5) is 0 Å². The van der Waals surface area contributed by atoms with Crippen LogP contribution in [-0.2, 0) is 9.53 Å². The van der Waals surface area contributed by atoms with Crippen LogP contribution >= 0.6 is 0 Å². The van der Waals surface area contributed by atoms with Gasteiger partial charge >= 0.3 is 5.97 Å². The Labute approximate surface area is 111 Å². The van der Waals surface area contributed by atoms with Crippen molar-refractivity contribution in [2.75, 3.05) is 46.4 Å². The van der Waals surface area contributed by atoms with Crippen molar-refractivity contribution in [3.63, 3.8) is 0 Å². The SMILES string of the molecule is COC(=O)C(C)=CCN1CCN(CC(C)C)CC1. The van der Waals surface area contributed by atoms with Gasteiger partial charge in [0.1, 0.15) is 0 Å². The van der Waals surface area contributed by atoms with Gasteiger partial charge in [0.2, 0.25) is 0 Å². The first-order valence-electron chi connectivity index (χ1n) is 6.72. The number of methoxy groups -OCH3 is 1. The van der Waals surface area contributed by atoms with Crippen LogP contribution in [0.2, 0.25) is 0 Å². The Balaban J connectivity index is 2.29. The van der Waals surface area contributed by atoms with Gasteiger partial charge in [-0.05, 0) is 12.8 Å². The van der Waals surface area contributed by atoms with Crippen LogP contribution in [-0.4, -0.2) is 62.1 Å². The molecule has 0 N–H and O–H groups in total. The van der Waals surface area contributed by atoms with E-state index in [2.05, 4.69) is 28.4 Å². The predicted octanol–water partition coefficient (Wildman–Crippen LogP) is 1.38. The molecule has 0 spiro atoms. The van der Waals surface area contributed by atoms with Gasteiger partial charge in [0, 0.05) is 44.8 Å². The summed E-state index contributed by atoms with van der Waals surface area (Å²) in [6.45, 7) is 12.8. The first kappa shape index (κ1) is 15.2. The van der Waals surface area contributed by atoms with E-state index >= 15 is 0 Å². The summed E-state index contributed by atoms with van der Waals surface area (Å²) in [7, 11) is 1.42. The summed E-state index contributed by atoms with van der Waals surface area (Å²) in [6, 6.07) is 0. The number of esters is 1. The van der Waals surface area contributed by atoms with Gasteiger partial charge in [-0.25, -0.2) is 4.79 Å². The molecule has 1 rings (SSSR count). The zero-order chi connectivity index (χ0) is 13.5. The molecule has 0 amide bonds. The van der Waals surface area contributed by atoms with Gasteiger partial charge in [-0.2, -0.15) is 0 Å². The number of ether oxygens (including phenoxy) is 1. The zero-order valence-corrected chi connectivity index (χ0v) is 12.1. The summed E-state index contributed by atoms with van der Waals surface area (Å²) in [4.78, 5) is 16.1. The molecule has 1 aliphatic rings. The number of nitrogens with zero attached hydrogens (tertiary/aromatic N) is 2. The molecule has 1 aliphatic heterocycles. The Morgan fingerprint density at radius 3 is 2.28 bits per heavy atom. The van der Waals surface area contributed by atoms with Crippen molar-refractivity contribution >= 4 is 5.97 Å². The number of piperazine rings is 1. The Morgan fingerprint density at radius 1 is 1.22 bits per heavy atom. The van der Waals surface area contributed by atoms with Gasteiger partial charge < -0.3 is 9.64 Å². The van der Waals surface area contributed by atoms with Crippen molar-refractivity contribution in [1.82, 2.24) is 9.80 Å². The van der Waals surface area contributed by atoms with Gasteiger partial charge in [0.05, 0.1) is 7.11 Å². The summed E-state index contributed by atoms with van der Waals surface area (Å²) in [5, 5.41) is 0. The second kappa shape index (κ2) is 7.54. The highest BCUT2D eigenvalue weighted by atomic mass is 16.5. The number of hydrogen-bond acceptors (Lipinski definition) is 4. The van der Waals surface area contributed by atoms with E-state index in [0.29, 0.717) is 5.57 Å². The maximum atomic E-state index is 11.2. The van der Waals surface area contributed by atoms with Crippen molar-refractivity contribution in [2.45, 2.75) is 20.8 Å². The number of carbonyl (C=O) groups excluding carboxylic acids is 1. The molecule has 4 heteroatoms. The maximum Gasteiger partial charge on any atom is 0.333 e. The lowest BCUT2D eigenvalue weighted by molar-refractivity contribution is -0.136. The fourth-order valence-electron chi connectivity index (χ4n) is 2.18. The number of hydrogen-bond donors (Lipinski definition) is 0. The normalized spacial score (nSPS) is 19.3. The van der Waals surface area contributed by atoms with Gasteiger partial charge in [-0.1, -0.05) is 19.9 Å². The molecule has 104 valence electrons. The van der Waals surface area contributed by atoms with E-state index in [1.807, 2.05) is 6.08 Å². The first-order chi connectivity index (χ1) is 8.52. The van der Waals surface area contributed by atoms with E-state index < -0.39 is 0 Å². The van der Waals surface area contributed by atoms with Crippen LogP contribution in [0, 0.1) is 5.92 Å². The lowest BCUT2D eigenvalue weighted by Crippen LogP contribution is -2.47. The lowest BCUT2D eigenvalue weighted by Gasteiger charge is -2.35. The van der Waals surface area contributed by atoms with Crippen molar-refractivity contribution < 1.29 is 9.53 Å². The quantitative estimate of drug-likeness (QED) is 0.548. The highest BCUT2D eigenvalue weighted by Gasteiger charge is 2.16. The molecule has 0 aromatic heterocycles. The molecule has 18 heavy (non-hydrogen) atoms. The molecule has 0 atom stereocenters. The summed E-state index contributed by atoms with van der Waals surface area (Å²) in [5.41, 5.74) is 0.696. The van der Waals surface area contributed by atoms with Crippen LogP contribution in [0.5, 0.6) is 0 Å². The smallest absolute Gasteiger partial charge is 0.333 e. The second-order valence-corrected chi connectivity index (χ2v) is 5.37. The highest BCUT2D eigenvalue weighted by Crippen LogP contribution is 2.06. The van der Waals surface area contributed by atoms with Crippen LogP contribution in [0.15, 0.2) is 11.6 Å². The molecule has 0 aliphatic carbocycles. The molecule has 0 aromatic rings. The summed E-state index contributed by atoms with van der Waals surface area (Å²) in [6.07, 6.45) is 1.96. The first-order valence-corrected chi connectivity index (χ1v) is 6.72. The Morgan fingerprint density at radius 2 is 1.78 bits per heavy atom. The van der Waals surface area contributed by atoms with Gasteiger partial charge in [-0.3, -0.25) is 4.90 Å². The third kappa shape index (κ3) is 5.19. The number of carbonyl (C=O) groups is 1. The molecule has 0 saturated carbocycles. The second-order valence-electron chi connectivity index (χ2n) is 5.37. The molecule has 0 bridgehead atoms. The van der Waals surface area contributed by atoms with Crippen molar-refractivity contribution in [2.24, 2.45) is 5.92 Å². The maximum absolute atomic E-state index is 11.2. The molecule has 1 heterocycles. The van der Waals surface area contributed by atoms with Gasteiger partial charge in [0.25, 0.3) is 0 Å². The number of rotatable bonds is 5. The molecule has 4 nitrogen and oxygen atoms in total. The Bertz CT molecular complexity index is 292. The van der Waals surface area contributed by atoms with E-state index in [0.717, 1.165) is 38.6 Å². The predicted molar refractivity (Wildman–Crippen MR) is 73.5 cm³/mol. The lowest BCUT2D eigenvalue weighted by atomic mass is 10.2. The minimum atomic E-state index is -0.228. The van der Waals surface area contributed by atoms with Crippen molar-refractivity contribution in [3.05, 3.63) is 11.6 Å². The standard InChI is InChI=1S/C14H26N2O2/c1-12(2)11-16-9-7-15(8-10-16)6-5-13(3)14(17)18-4/h5,12H,6-11H2,1-4H3. The summed E-state index contributed by atoms with van der Waals surface area (Å²) < 4.78 is 4.68. The fourth-order valence-corrected chi connectivity index (χ4v) is 2.18. The highest BCUT2D eigenvalue weighted by molar-refractivity contribution is 5.87. The fraction of sp³-hybridized carbons (Fsp3) is 0.786. The summed E-state index contributed by atoms with van der Waals surface area (Å²) >= 11 is 0. The van der Waals surface area contributed by atoms with Crippen LogP contribution < -0.4 is 0 Å². The van der Waals surface area contributed by atoms with E-state index in [4.69, 9.17) is 0 Å². The zero-order valence-electron chi connectivity index (χ0n) is 12.1. The van der Waals surface area contributed by atoms with Gasteiger partial charge in [-0.15, -0.1) is 0 Å². The molecule has 0 aromatic carbocycles. The van der Waals surface area contributed by atoms with Crippen LogP contribution in [0.25, 0.3) is 0 Å². The van der Waals surface area contributed by atoms with Gasteiger partial charge in [0.15, 0.2) is 0 Å². The monoisotopic (exact) mass is 254 g/mol. The molecule has 0 unspecified atom stereocenters. The Hall–Kier alpha value is -0.870. The average Bonchev–Trinajstić information content (AvgIpc) is 2.36. The van der Waals surface area contributed by atoms with E-state index in [9.17, 15) is 4.79 Å². The largest absolute Gasteiger partial charge is 0.466 e. The minimum Gasteiger partial charge on any atom is -0.466 e. The van der Waals surface area contributed by atoms with Crippen LogP contribution in [0.1, 0.15) is 20.8 Å². The average molecular weight is 254 g/mol. The molecule has 1 saturated heterocycles.